The molecule has 2 aliphatic rings. The van der Waals surface area contributed by atoms with E-state index in [0.29, 0.717) is 5.92 Å². The van der Waals surface area contributed by atoms with Crippen molar-refractivity contribution in [3.05, 3.63) is 47.8 Å². The molecule has 5 nitrogen and oxygen atoms in total. The minimum absolute atomic E-state index is 0.101. The zero-order valence-electron chi connectivity index (χ0n) is 11.1. The lowest BCUT2D eigenvalue weighted by Gasteiger charge is -2.38. The van der Waals surface area contributed by atoms with Crippen molar-refractivity contribution in [2.75, 3.05) is 13.1 Å². The zero-order chi connectivity index (χ0) is 13.5. The van der Waals surface area contributed by atoms with Crippen LogP contribution in [0.3, 0.4) is 0 Å². The molecule has 2 fully saturated rings. The molecule has 5 heteroatoms. The maximum absolute atomic E-state index is 12.2. The van der Waals surface area contributed by atoms with E-state index < -0.39 is 0 Å². The van der Waals surface area contributed by atoms with Crippen molar-refractivity contribution < 1.29 is 4.79 Å². The first-order chi connectivity index (χ1) is 9.81. The van der Waals surface area contributed by atoms with Gasteiger partial charge < -0.3 is 4.90 Å². The number of carbonyl (C=O) groups excluding carboxylic acids is 1. The molecule has 1 saturated heterocycles. The molecule has 1 saturated carbocycles. The summed E-state index contributed by atoms with van der Waals surface area (Å²) in [6.45, 7) is 1.45. The van der Waals surface area contributed by atoms with Gasteiger partial charge in [-0.2, -0.15) is 0 Å². The lowest BCUT2D eigenvalue weighted by Crippen LogP contribution is -2.50. The number of benzene rings is 1. The number of aromatic nitrogens is 3. The second kappa shape index (κ2) is 4.44. The number of hydrogen-bond donors (Lipinski definition) is 0. The van der Waals surface area contributed by atoms with Gasteiger partial charge in [0.1, 0.15) is 0 Å². The minimum atomic E-state index is 0.101. The molecule has 0 unspecified atom stereocenters. The first-order valence-electron chi connectivity index (χ1n) is 7.07. The van der Waals surface area contributed by atoms with E-state index in [1.165, 1.54) is 12.8 Å². The fourth-order valence-electron chi connectivity index (χ4n) is 2.59. The number of hydrogen-bond acceptors (Lipinski definition) is 3. The van der Waals surface area contributed by atoms with E-state index in [-0.39, 0.29) is 11.9 Å². The average molecular weight is 268 g/mol. The van der Waals surface area contributed by atoms with Crippen LogP contribution in [0.5, 0.6) is 0 Å². The van der Waals surface area contributed by atoms with Gasteiger partial charge in [-0.15, -0.1) is 5.10 Å². The highest BCUT2D eigenvalue weighted by atomic mass is 16.2. The second-order valence-corrected chi connectivity index (χ2v) is 5.63. The molecule has 4 rings (SSSR count). The highest BCUT2D eigenvalue weighted by Gasteiger charge is 2.34. The number of amides is 1. The molecular weight excluding hydrogens is 252 g/mol. The monoisotopic (exact) mass is 268 g/mol. The zero-order valence-corrected chi connectivity index (χ0v) is 11.1. The third kappa shape index (κ3) is 1.99. The van der Waals surface area contributed by atoms with Gasteiger partial charge in [0.2, 0.25) is 0 Å². The number of nitrogens with zero attached hydrogens (tertiary/aromatic N) is 4. The van der Waals surface area contributed by atoms with E-state index in [9.17, 15) is 4.79 Å². The molecule has 0 N–H and O–H groups in total. The van der Waals surface area contributed by atoms with Gasteiger partial charge in [0, 0.05) is 30.8 Å². The molecule has 1 aromatic heterocycles. The van der Waals surface area contributed by atoms with Gasteiger partial charge in [-0.05, 0) is 25.0 Å². The summed E-state index contributed by atoms with van der Waals surface area (Å²) in [5.41, 5.74) is 1.86. The van der Waals surface area contributed by atoms with E-state index in [1.807, 2.05) is 46.1 Å². The van der Waals surface area contributed by atoms with Crippen LogP contribution in [0.2, 0.25) is 0 Å². The largest absolute Gasteiger partial charge is 0.334 e. The molecule has 0 spiro atoms. The van der Waals surface area contributed by atoms with Crippen LogP contribution in [0.25, 0.3) is 0 Å². The maximum atomic E-state index is 12.2. The summed E-state index contributed by atoms with van der Waals surface area (Å²) in [5.74, 6) is 0.732. The third-order valence-electron chi connectivity index (χ3n) is 4.07. The van der Waals surface area contributed by atoms with Gasteiger partial charge in [-0.1, -0.05) is 23.4 Å². The van der Waals surface area contributed by atoms with Crippen molar-refractivity contribution in [3.8, 4) is 0 Å². The van der Waals surface area contributed by atoms with Crippen molar-refractivity contribution in [1.29, 1.82) is 0 Å². The van der Waals surface area contributed by atoms with E-state index in [0.717, 1.165) is 24.3 Å². The van der Waals surface area contributed by atoms with Crippen LogP contribution in [0.4, 0.5) is 0 Å². The Morgan fingerprint density at radius 1 is 1.15 bits per heavy atom. The average Bonchev–Trinajstić information content (AvgIpc) is 3.18. The molecule has 2 aromatic rings. The summed E-state index contributed by atoms with van der Waals surface area (Å²) in [6, 6.07) is 9.70. The summed E-state index contributed by atoms with van der Waals surface area (Å²) >= 11 is 0. The molecule has 0 radical (unpaired) electrons. The first-order valence-corrected chi connectivity index (χ1v) is 7.07. The number of likely N-dealkylation sites (tertiary alicyclic amines) is 1. The van der Waals surface area contributed by atoms with Crippen LogP contribution in [-0.4, -0.2) is 38.9 Å². The van der Waals surface area contributed by atoms with Gasteiger partial charge in [0.05, 0.1) is 11.7 Å². The normalized spacial score (nSPS) is 18.9. The van der Waals surface area contributed by atoms with Crippen molar-refractivity contribution in [1.82, 2.24) is 19.9 Å². The molecule has 102 valence electrons. The molecule has 2 heterocycles. The minimum Gasteiger partial charge on any atom is -0.334 e. The maximum Gasteiger partial charge on any atom is 0.253 e. The molecular formula is C15H16N4O. The van der Waals surface area contributed by atoms with E-state index in [1.54, 1.807) is 0 Å². The van der Waals surface area contributed by atoms with Gasteiger partial charge >= 0.3 is 0 Å². The van der Waals surface area contributed by atoms with E-state index in [2.05, 4.69) is 10.3 Å². The molecule has 0 bridgehead atoms. The Morgan fingerprint density at radius 3 is 2.60 bits per heavy atom. The topological polar surface area (TPSA) is 51.0 Å². The quantitative estimate of drug-likeness (QED) is 0.853. The lowest BCUT2D eigenvalue weighted by atomic mass is 10.1. The Morgan fingerprint density at radius 2 is 1.90 bits per heavy atom. The molecule has 1 aliphatic carbocycles. The second-order valence-electron chi connectivity index (χ2n) is 5.63. The van der Waals surface area contributed by atoms with Gasteiger partial charge in [0.25, 0.3) is 5.91 Å². The summed E-state index contributed by atoms with van der Waals surface area (Å²) in [5, 5.41) is 8.41. The van der Waals surface area contributed by atoms with Crippen LogP contribution in [0.1, 0.15) is 40.9 Å². The third-order valence-corrected chi connectivity index (χ3v) is 4.07. The summed E-state index contributed by atoms with van der Waals surface area (Å²) in [7, 11) is 0. The summed E-state index contributed by atoms with van der Waals surface area (Å²) < 4.78 is 1.92. The predicted molar refractivity (Wildman–Crippen MR) is 73.4 cm³/mol. The van der Waals surface area contributed by atoms with Crippen molar-refractivity contribution in [2.45, 2.75) is 24.8 Å². The lowest BCUT2D eigenvalue weighted by molar-refractivity contribution is 0.0498. The van der Waals surface area contributed by atoms with E-state index in [4.69, 9.17) is 0 Å². The smallest absolute Gasteiger partial charge is 0.253 e. The Bertz CT molecular complexity index is 626. The predicted octanol–water partition coefficient (Wildman–Crippen LogP) is 1.85. The molecule has 0 atom stereocenters. The van der Waals surface area contributed by atoms with Crippen LogP contribution in [0.15, 0.2) is 36.5 Å². The van der Waals surface area contributed by atoms with Gasteiger partial charge in [0.15, 0.2) is 0 Å². The standard InChI is InChI=1S/C15H16N4O/c20-15(12-4-2-1-3-5-12)18-8-13(9-18)19-10-14(16-17-19)11-6-7-11/h1-5,10-11,13H,6-9H2. The van der Waals surface area contributed by atoms with Crippen LogP contribution in [-0.2, 0) is 0 Å². The summed E-state index contributed by atoms with van der Waals surface area (Å²) in [4.78, 5) is 14.1. The van der Waals surface area contributed by atoms with Crippen molar-refractivity contribution in [3.63, 3.8) is 0 Å². The Labute approximate surface area is 117 Å². The fourth-order valence-corrected chi connectivity index (χ4v) is 2.59. The SMILES string of the molecule is O=C(c1ccccc1)N1CC(n2cc(C3CC3)nn2)C1. The van der Waals surface area contributed by atoms with Crippen LogP contribution < -0.4 is 0 Å². The van der Waals surface area contributed by atoms with Crippen LogP contribution in [0, 0.1) is 0 Å². The van der Waals surface area contributed by atoms with Crippen LogP contribution >= 0.6 is 0 Å². The number of carbonyl (C=O) groups is 1. The molecule has 1 aliphatic heterocycles. The van der Waals surface area contributed by atoms with Crippen molar-refractivity contribution in [2.24, 2.45) is 0 Å². The highest BCUT2D eigenvalue weighted by Crippen LogP contribution is 2.39. The van der Waals surface area contributed by atoms with Crippen molar-refractivity contribution >= 4 is 5.91 Å². The Kier molecular flexibility index (Phi) is 2.58. The molecule has 1 aromatic carbocycles. The van der Waals surface area contributed by atoms with Gasteiger partial charge in [-0.3, -0.25) is 4.79 Å². The van der Waals surface area contributed by atoms with Gasteiger partial charge in [-0.25, -0.2) is 4.68 Å². The molecule has 1 amide bonds. The fraction of sp³-hybridized carbons (Fsp3) is 0.400. The highest BCUT2D eigenvalue weighted by molar-refractivity contribution is 5.94. The van der Waals surface area contributed by atoms with E-state index >= 15 is 0 Å². The molecule has 20 heavy (non-hydrogen) atoms. The Hall–Kier alpha value is -2.17. The Balaban J connectivity index is 1.40. The summed E-state index contributed by atoms with van der Waals surface area (Å²) in [6.07, 6.45) is 4.52. The number of rotatable bonds is 3. The first kappa shape index (κ1) is 11.6.